The molecule has 1 atom stereocenters. The first-order chi connectivity index (χ1) is 5.99. The van der Waals surface area contributed by atoms with Crippen LogP contribution in [0.1, 0.15) is 22.8 Å². The van der Waals surface area contributed by atoms with E-state index in [2.05, 4.69) is 0 Å². The van der Waals surface area contributed by atoms with E-state index >= 15 is 0 Å². The highest BCUT2D eigenvalue weighted by molar-refractivity contribution is 7.08. The molecule has 0 aliphatic carbocycles. The zero-order chi connectivity index (χ0) is 10.1. The molecule has 0 saturated carbocycles. The molecule has 13 heavy (non-hydrogen) atoms. The van der Waals surface area contributed by atoms with Crippen LogP contribution < -0.4 is 5.73 Å². The average molecular weight is 201 g/mol. The summed E-state index contributed by atoms with van der Waals surface area (Å²) in [4.78, 5) is 10.7. The van der Waals surface area contributed by atoms with E-state index in [1.165, 1.54) is 16.7 Å². The van der Waals surface area contributed by atoms with Crippen molar-refractivity contribution in [3.05, 3.63) is 21.9 Å². The standard InChI is InChI=1S/C8H11NO3S/c1-8(9,4-10)6-3-13-2-5(6)7(11)12/h2-3,10H,4,9H2,1H3,(H,11,12)/t8-/m0/s1. The van der Waals surface area contributed by atoms with Gasteiger partial charge in [0.25, 0.3) is 0 Å². The minimum atomic E-state index is -1.01. The van der Waals surface area contributed by atoms with Crippen LogP contribution in [0.25, 0.3) is 0 Å². The number of nitrogens with two attached hydrogens (primary N) is 1. The zero-order valence-electron chi connectivity index (χ0n) is 7.15. The summed E-state index contributed by atoms with van der Waals surface area (Å²) in [7, 11) is 0. The summed E-state index contributed by atoms with van der Waals surface area (Å²) in [6, 6.07) is 0. The molecule has 0 amide bonds. The highest BCUT2D eigenvalue weighted by Crippen LogP contribution is 2.25. The lowest BCUT2D eigenvalue weighted by Gasteiger charge is -2.21. The molecule has 4 nitrogen and oxygen atoms in total. The Labute approximate surface area is 79.6 Å². The van der Waals surface area contributed by atoms with Crippen molar-refractivity contribution in [1.82, 2.24) is 0 Å². The van der Waals surface area contributed by atoms with Crippen LogP contribution in [0.5, 0.6) is 0 Å². The summed E-state index contributed by atoms with van der Waals surface area (Å²) in [5.41, 5.74) is 5.38. The maximum Gasteiger partial charge on any atom is 0.336 e. The summed E-state index contributed by atoms with van der Waals surface area (Å²) in [6.45, 7) is 1.32. The van der Waals surface area contributed by atoms with Gasteiger partial charge in [-0.3, -0.25) is 0 Å². The van der Waals surface area contributed by atoms with Gasteiger partial charge in [0, 0.05) is 5.38 Å². The van der Waals surface area contributed by atoms with Crippen LogP contribution in [0, 0.1) is 0 Å². The van der Waals surface area contributed by atoms with Crippen LogP contribution in [0.4, 0.5) is 0 Å². The lowest BCUT2D eigenvalue weighted by Crippen LogP contribution is -2.37. The molecule has 1 heterocycles. The number of rotatable bonds is 3. The summed E-state index contributed by atoms with van der Waals surface area (Å²) >= 11 is 1.26. The third-order valence-corrected chi connectivity index (χ3v) is 2.58. The molecule has 0 saturated heterocycles. The van der Waals surface area contributed by atoms with Gasteiger partial charge in [-0.25, -0.2) is 4.79 Å². The average Bonchev–Trinajstić information content (AvgIpc) is 2.52. The molecule has 1 aromatic rings. The molecule has 0 aliphatic rings. The Morgan fingerprint density at radius 2 is 2.31 bits per heavy atom. The third-order valence-electron chi connectivity index (χ3n) is 1.84. The Morgan fingerprint density at radius 1 is 1.69 bits per heavy atom. The molecule has 0 aliphatic heterocycles. The molecular weight excluding hydrogens is 190 g/mol. The van der Waals surface area contributed by atoms with Gasteiger partial charge < -0.3 is 15.9 Å². The summed E-state index contributed by atoms with van der Waals surface area (Å²) in [5.74, 6) is -1.01. The van der Waals surface area contributed by atoms with Gasteiger partial charge in [0.2, 0.25) is 0 Å². The fourth-order valence-electron chi connectivity index (χ4n) is 0.990. The number of thiophene rings is 1. The van der Waals surface area contributed by atoms with Crippen LogP contribution in [-0.2, 0) is 5.54 Å². The van der Waals surface area contributed by atoms with Crippen molar-refractivity contribution in [2.45, 2.75) is 12.5 Å². The van der Waals surface area contributed by atoms with Gasteiger partial charge in [0.15, 0.2) is 0 Å². The Kier molecular flexibility index (Phi) is 2.70. The van der Waals surface area contributed by atoms with Gasteiger partial charge in [-0.15, -0.1) is 0 Å². The zero-order valence-corrected chi connectivity index (χ0v) is 7.97. The highest BCUT2D eigenvalue weighted by atomic mass is 32.1. The van der Waals surface area contributed by atoms with Crippen molar-refractivity contribution in [2.75, 3.05) is 6.61 Å². The van der Waals surface area contributed by atoms with Gasteiger partial charge in [0.05, 0.1) is 17.7 Å². The van der Waals surface area contributed by atoms with E-state index in [1.807, 2.05) is 0 Å². The van der Waals surface area contributed by atoms with Crippen LogP contribution in [0.2, 0.25) is 0 Å². The number of hydrogen-bond acceptors (Lipinski definition) is 4. The Bertz CT molecular complexity index is 319. The van der Waals surface area contributed by atoms with Crippen LogP contribution in [0.15, 0.2) is 10.8 Å². The Balaban J connectivity index is 3.14. The smallest absolute Gasteiger partial charge is 0.336 e. The topological polar surface area (TPSA) is 83.5 Å². The second-order valence-corrected chi connectivity index (χ2v) is 3.82. The minimum absolute atomic E-state index is 0.170. The number of aliphatic hydroxyl groups is 1. The van der Waals surface area contributed by atoms with E-state index in [4.69, 9.17) is 15.9 Å². The van der Waals surface area contributed by atoms with Crippen molar-refractivity contribution >= 4 is 17.3 Å². The number of carboxylic acid groups (broad SMARTS) is 1. The number of aliphatic hydroxyl groups excluding tert-OH is 1. The van der Waals surface area contributed by atoms with Crippen molar-refractivity contribution in [3.63, 3.8) is 0 Å². The van der Waals surface area contributed by atoms with Crippen molar-refractivity contribution in [1.29, 1.82) is 0 Å². The molecule has 4 N–H and O–H groups in total. The molecule has 1 rings (SSSR count). The number of hydrogen-bond donors (Lipinski definition) is 3. The second kappa shape index (κ2) is 3.45. The molecular formula is C8H11NO3S. The first-order valence-electron chi connectivity index (χ1n) is 3.68. The largest absolute Gasteiger partial charge is 0.478 e. The highest BCUT2D eigenvalue weighted by Gasteiger charge is 2.26. The predicted octanol–water partition coefficient (Wildman–Crippen LogP) is 0.613. The van der Waals surface area contributed by atoms with Crippen LogP contribution in [0.3, 0.4) is 0 Å². The SMILES string of the molecule is C[C@](N)(CO)c1cscc1C(=O)O. The third kappa shape index (κ3) is 1.88. The van der Waals surface area contributed by atoms with E-state index in [-0.39, 0.29) is 12.2 Å². The molecule has 5 heteroatoms. The molecule has 1 aromatic heterocycles. The summed E-state index contributed by atoms with van der Waals surface area (Å²) < 4.78 is 0. The van der Waals surface area contributed by atoms with Crippen molar-refractivity contribution < 1.29 is 15.0 Å². The van der Waals surface area contributed by atoms with Gasteiger partial charge in [0.1, 0.15) is 0 Å². The fraction of sp³-hybridized carbons (Fsp3) is 0.375. The summed E-state index contributed by atoms with van der Waals surface area (Å²) in [5, 5.41) is 20.9. The fourth-order valence-corrected chi connectivity index (χ4v) is 1.95. The quantitative estimate of drug-likeness (QED) is 0.669. The van der Waals surface area contributed by atoms with Crippen molar-refractivity contribution in [2.24, 2.45) is 5.73 Å². The van der Waals surface area contributed by atoms with E-state index < -0.39 is 11.5 Å². The van der Waals surface area contributed by atoms with Gasteiger partial charge in [-0.05, 0) is 17.9 Å². The van der Waals surface area contributed by atoms with Gasteiger partial charge in [-0.1, -0.05) is 0 Å². The maximum absolute atomic E-state index is 10.7. The van der Waals surface area contributed by atoms with Crippen LogP contribution in [-0.4, -0.2) is 22.8 Å². The number of aromatic carboxylic acids is 1. The maximum atomic E-state index is 10.7. The molecule has 0 spiro atoms. The first kappa shape index (κ1) is 10.2. The molecule has 0 unspecified atom stereocenters. The second-order valence-electron chi connectivity index (χ2n) is 3.08. The van der Waals surface area contributed by atoms with E-state index in [0.29, 0.717) is 5.56 Å². The van der Waals surface area contributed by atoms with Crippen LogP contribution >= 0.6 is 11.3 Å². The van der Waals surface area contributed by atoms with E-state index in [0.717, 1.165) is 0 Å². The lowest BCUT2D eigenvalue weighted by molar-refractivity contribution is 0.0693. The van der Waals surface area contributed by atoms with E-state index in [9.17, 15) is 4.79 Å². The molecule has 0 aromatic carbocycles. The van der Waals surface area contributed by atoms with Crippen molar-refractivity contribution in [3.8, 4) is 0 Å². The minimum Gasteiger partial charge on any atom is -0.478 e. The van der Waals surface area contributed by atoms with Gasteiger partial charge in [-0.2, -0.15) is 11.3 Å². The molecule has 0 radical (unpaired) electrons. The predicted molar refractivity (Wildman–Crippen MR) is 49.9 cm³/mol. The Morgan fingerprint density at radius 3 is 2.77 bits per heavy atom. The monoisotopic (exact) mass is 201 g/mol. The van der Waals surface area contributed by atoms with E-state index in [1.54, 1.807) is 12.3 Å². The number of carboxylic acids is 1. The summed E-state index contributed by atoms with van der Waals surface area (Å²) in [6.07, 6.45) is 0. The molecule has 0 bridgehead atoms. The number of carbonyl (C=O) groups is 1. The molecule has 72 valence electrons. The Hall–Kier alpha value is -0.910. The van der Waals surface area contributed by atoms with Gasteiger partial charge >= 0.3 is 5.97 Å². The lowest BCUT2D eigenvalue weighted by atomic mass is 9.93. The normalized spacial score (nSPS) is 15.3. The molecule has 0 fully saturated rings. The first-order valence-corrected chi connectivity index (χ1v) is 4.63.